The molecule has 212 valence electrons. The maximum Gasteiger partial charge on any atom is 0.0662 e. The monoisotopic (exact) mass is 514 g/mol. The van der Waals surface area contributed by atoms with E-state index in [1.807, 2.05) is 26.0 Å². The van der Waals surface area contributed by atoms with Crippen molar-refractivity contribution in [2.45, 2.75) is 13.8 Å². The number of benzene rings is 2. The van der Waals surface area contributed by atoms with Gasteiger partial charge in [0.1, 0.15) is 0 Å². The summed E-state index contributed by atoms with van der Waals surface area (Å²) in [6, 6.07) is 20.8. The zero-order valence-electron chi connectivity index (χ0n) is 24.2. The Kier molecular flexibility index (Phi) is 168. The average molecular weight is 515 g/mol. The molecule has 0 fully saturated rings. The number of aliphatic hydroxyl groups is 2. The molecule has 0 aliphatic rings. The van der Waals surface area contributed by atoms with Crippen LogP contribution >= 0.6 is 0 Å². The molecule has 0 spiro atoms. The van der Waals surface area contributed by atoms with E-state index in [1.165, 1.54) is 11.1 Å². The van der Waals surface area contributed by atoms with E-state index in [0.717, 1.165) is 13.2 Å². The lowest BCUT2D eigenvalue weighted by molar-refractivity contribution is 0.162. The third kappa shape index (κ3) is 79.6. The Morgan fingerprint density at radius 3 is 0.730 bits per heavy atom. The highest BCUT2D eigenvalue weighted by atomic mass is 16.5. The van der Waals surface area contributed by atoms with E-state index < -0.39 is 0 Å². The van der Waals surface area contributed by atoms with Crippen LogP contribution in [0.4, 0.5) is 0 Å². The molecule has 0 atom stereocenters. The van der Waals surface area contributed by atoms with Gasteiger partial charge in [-0.05, 0) is 25.0 Å². The Labute approximate surface area is 232 Å². The molecule has 0 radical (unpaired) electrons. The smallest absolute Gasteiger partial charge is 0.0662 e. The van der Waals surface area contributed by atoms with E-state index >= 15 is 0 Å². The molecule has 0 saturated carbocycles. The van der Waals surface area contributed by atoms with Gasteiger partial charge >= 0.3 is 0 Å². The fraction of sp³-hybridized carbons (Fsp3) is 0.176. The van der Waals surface area contributed by atoms with Crippen molar-refractivity contribution in [3.05, 3.63) is 166 Å². The molecule has 0 unspecified atom stereocenters. The lowest BCUT2D eigenvalue weighted by Gasteiger charge is -1.98. The minimum atomic E-state index is -0.125. The Balaban J connectivity index is -0.0000000386. The van der Waals surface area contributed by atoms with Gasteiger partial charge in [-0.25, -0.2) is 0 Å². The quantitative estimate of drug-likeness (QED) is 0.399. The SMILES string of the molecule is C=C.C=C.C=C.C=C.C=C.C=C.C=C.C=C.CCOCC.OCCO.c1ccc(-c2ccccc2)cc1. The van der Waals surface area contributed by atoms with Crippen LogP contribution in [0.25, 0.3) is 11.1 Å². The third-order valence-corrected chi connectivity index (χ3v) is 2.39. The number of aliphatic hydroxyl groups excluding tert-OH is 2. The van der Waals surface area contributed by atoms with Gasteiger partial charge < -0.3 is 14.9 Å². The van der Waals surface area contributed by atoms with Gasteiger partial charge in [0.15, 0.2) is 0 Å². The summed E-state index contributed by atoms with van der Waals surface area (Å²) < 4.78 is 4.83. The van der Waals surface area contributed by atoms with E-state index in [0.29, 0.717) is 0 Å². The van der Waals surface area contributed by atoms with Crippen LogP contribution in [0.1, 0.15) is 13.8 Å². The number of ether oxygens (including phenoxy) is 1. The minimum absolute atomic E-state index is 0.125. The highest BCUT2D eigenvalue weighted by molar-refractivity contribution is 5.62. The highest BCUT2D eigenvalue weighted by Gasteiger charge is 1.91. The first-order chi connectivity index (χ1) is 18.3. The first kappa shape index (κ1) is 58.8. The molecule has 0 amide bonds. The second-order valence-corrected chi connectivity index (χ2v) is 3.96. The molecule has 0 aliphatic carbocycles. The molecule has 2 rings (SSSR count). The lowest BCUT2D eigenvalue weighted by Crippen LogP contribution is -1.85. The van der Waals surface area contributed by atoms with Crippen molar-refractivity contribution in [3.8, 4) is 11.1 Å². The van der Waals surface area contributed by atoms with Crippen LogP contribution in [0, 0.1) is 0 Å². The molecule has 0 saturated heterocycles. The summed E-state index contributed by atoms with van der Waals surface area (Å²) in [5.74, 6) is 0. The molecule has 2 N–H and O–H groups in total. The Bertz CT molecular complexity index is 464. The second kappa shape index (κ2) is 106. The Hall–Kier alpha value is -3.76. The molecule has 0 aromatic heterocycles. The van der Waals surface area contributed by atoms with Gasteiger partial charge in [0.2, 0.25) is 0 Å². The van der Waals surface area contributed by atoms with Crippen LogP contribution in [0.2, 0.25) is 0 Å². The van der Waals surface area contributed by atoms with Crippen LogP contribution in [0.15, 0.2) is 166 Å². The van der Waals surface area contributed by atoms with Gasteiger partial charge in [-0.1, -0.05) is 60.7 Å². The summed E-state index contributed by atoms with van der Waals surface area (Å²) in [5, 5.41) is 15.2. The maximum absolute atomic E-state index is 7.62. The third-order valence-electron chi connectivity index (χ3n) is 2.39. The Morgan fingerprint density at radius 1 is 0.432 bits per heavy atom. The number of rotatable bonds is 4. The molecule has 0 heterocycles. The zero-order valence-corrected chi connectivity index (χ0v) is 24.2. The maximum atomic E-state index is 7.62. The largest absolute Gasteiger partial charge is 0.394 e. The summed E-state index contributed by atoms with van der Waals surface area (Å²) in [6.07, 6.45) is 0. The first-order valence-corrected chi connectivity index (χ1v) is 11.2. The minimum Gasteiger partial charge on any atom is -0.394 e. The topological polar surface area (TPSA) is 49.7 Å². The highest BCUT2D eigenvalue weighted by Crippen LogP contribution is 2.17. The summed E-state index contributed by atoms with van der Waals surface area (Å²) in [4.78, 5) is 0. The molecule has 0 bridgehead atoms. The molecule has 37 heavy (non-hydrogen) atoms. The van der Waals surface area contributed by atoms with Gasteiger partial charge in [0.25, 0.3) is 0 Å². The van der Waals surface area contributed by atoms with Gasteiger partial charge in [-0.15, -0.1) is 105 Å². The molecule has 3 nitrogen and oxygen atoms in total. The molecule has 3 heteroatoms. The summed E-state index contributed by atoms with van der Waals surface area (Å²) in [5.41, 5.74) is 2.55. The fourth-order valence-electron chi connectivity index (χ4n) is 1.47. The van der Waals surface area contributed by atoms with Gasteiger partial charge in [0, 0.05) is 13.2 Å². The molecule has 2 aromatic rings. The van der Waals surface area contributed by atoms with Crippen molar-refractivity contribution in [1.29, 1.82) is 0 Å². The number of hydrogen-bond acceptors (Lipinski definition) is 3. The standard InChI is InChI=1S/C12H10.C4H10O.C2H6O2.8C2H4/c1-3-7-11(8-4-1)12-9-5-2-6-10-12;1-3-5-4-2;3-1-2-4;8*1-2/h1-10H;3-4H2,1-2H3;3-4H,1-2H2;8*1-2H2. The Morgan fingerprint density at radius 2 is 0.622 bits per heavy atom. The van der Waals surface area contributed by atoms with E-state index in [-0.39, 0.29) is 13.2 Å². The normalized spacial score (nSPS) is 5.95. The van der Waals surface area contributed by atoms with Crippen molar-refractivity contribution in [3.63, 3.8) is 0 Å². The molecular formula is C34H58O3. The van der Waals surface area contributed by atoms with Gasteiger partial charge in [-0.3, -0.25) is 0 Å². The van der Waals surface area contributed by atoms with Crippen molar-refractivity contribution < 1.29 is 14.9 Å². The summed E-state index contributed by atoms with van der Waals surface area (Å²) >= 11 is 0. The van der Waals surface area contributed by atoms with Crippen molar-refractivity contribution in [1.82, 2.24) is 0 Å². The predicted octanol–water partition coefficient (Wildman–Crippen LogP) is 9.78. The van der Waals surface area contributed by atoms with Crippen LogP contribution in [0.5, 0.6) is 0 Å². The molecular weight excluding hydrogens is 456 g/mol. The van der Waals surface area contributed by atoms with E-state index in [4.69, 9.17) is 14.9 Å². The van der Waals surface area contributed by atoms with Crippen molar-refractivity contribution in [2.75, 3.05) is 26.4 Å². The zero-order chi connectivity index (χ0) is 31.8. The fourth-order valence-corrected chi connectivity index (χ4v) is 1.47. The van der Waals surface area contributed by atoms with Crippen LogP contribution < -0.4 is 0 Å². The predicted molar refractivity (Wildman–Crippen MR) is 178 cm³/mol. The summed E-state index contributed by atoms with van der Waals surface area (Å²) in [6.45, 7) is 53.4. The van der Waals surface area contributed by atoms with Crippen molar-refractivity contribution >= 4 is 0 Å². The van der Waals surface area contributed by atoms with E-state index in [2.05, 4.69) is 154 Å². The van der Waals surface area contributed by atoms with Crippen LogP contribution in [-0.2, 0) is 4.74 Å². The molecule has 0 aliphatic heterocycles. The first-order valence-electron chi connectivity index (χ1n) is 11.2. The second-order valence-electron chi connectivity index (χ2n) is 3.96. The summed E-state index contributed by atoms with van der Waals surface area (Å²) in [7, 11) is 0. The van der Waals surface area contributed by atoms with Crippen LogP contribution in [0.3, 0.4) is 0 Å². The molecule has 2 aromatic carbocycles. The van der Waals surface area contributed by atoms with Gasteiger partial charge in [0.05, 0.1) is 13.2 Å². The average Bonchev–Trinajstić information content (AvgIpc) is 3.06. The lowest BCUT2D eigenvalue weighted by atomic mass is 10.1. The number of hydrogen-bond donors (Lipinski definition) is 2. The van der Waals surface area contributed by atoms with Crippen LogP contribution in [-0.4, -0.2) is 36.6 Å². The van der Waals surface area contributed by atoms with E-state index in [1.54, 1.807) is 0 Å². The van der Waals surface area contributed by atoms with Crippen molar-refractivity contribution in [2.24, 2.45) is 0 Å². The van der Waals surface area contributed by atoms with Gasteiger partial charge in [-0.2, -0.15) is 0 Å². The van der Waals surface area contributed by atoms with E-state index in [9.17, 15) is 0 Å².